The second-order valence-electron chi connectivity index (χ2n) is 8.95. The third kappa shape index (κ3) is 4.58. The van der Waals surface area contributed by atoms with Gasteiger partial charge in [0.15, 0.2) is 9.84 Å². The maximum Gasteiger partial charge on any atom is 0.264 e. The lowest BCUT2D eigenvalue weighted by Gasteiger charge is -2.22. The topological polar surface area (TPSA) is 117 Å². The molecule has 9 nitrogen and oxygen atoms in total. The SMILES string of the molecule is CC(C)Nc1nc(-c2ccc(N3CC[C@@H](CO)C3)c(S(C)(=O)=O)c2)cc2ncn(C)c(=O)c12. The zero-order chi connectivity index (χ0) is 23.9. The molecule has 0 spiro atoms. The molecule has 1 aliphatic heterocycles. The highest BCUT2D eigenvalue weighted by Crippen LogP contribution is 2.34. The van der Waals surface area contributed by atoms with Gasteiger partial charge in [-0.3, -0.25) is 4.79 Å². The van der Waals surface area contributed by atoms with E-state index in [-0.39, 0.29) is 29.0 Å². The molecule has 0 radical (unpaired) electrons. The van der Waals surface area contributed by atoms with Crippen LogP contribution in [0, 0.1) is 5.92 Å². The van der Waals surface area contributed by atoms with Crippen molar-refractivity contribution in [3.8, 4) is 11.3 Å². The Kier molecular flexibility index (Phi) is 6.15. The summed E-state index contributed by atoms with van der Waals surface area (Å²) in [6.45, 7) is 5.29. The van der Waals surface area contributed by atoms with Gasteiger partial charge in [-0.2, -0.15) is 0 Å². The van der Waals surface area contributed by atoms with Crippen molar-refractivity contribution in [2.45, 2.75) is 31.2 Å². The Morgan fingerprint density at radius 1 is 1.27 bits per heavy atom. The average Bonchev–Trinajstić information content (AvgIpc) is 3.24. The number of anilines is 2. The predicted molar refractivity (Wildman–Crippen MR) is 129 cm³/mol. The van der Waals surface area contributed by atoms with Crippen LogP contribution in [-0.2, 0) is 16.9 Å². The smallest absolute Gasteiger partial charge is 0.264 e. The van der Waals surface area contributed by atoms with Crippen LogP contribution in [0.25, 0.3) is 22.2 Å². The van der Waals surface area contributed by atoms with Gasteiger partial charge in [0.2, 0.25) is 0 Å². The molecule has 0 bridgehead atoms. The maximum atomic E-state index is 12.7. The van der Waals surface area contributed by atoms with Crippen molar-refractivity contribution in [2.24, 2.45) is 13.0 Å². The molecule has 0 aliphatic carbocycles. The third-order valence-corrected chi connectivity index (χ3v) is 6.99. The van der Waals surface area contributed by atoms with Crippen LogP contribution < -0.4 is 15.8 Å². The number of nitrogens with one attached hydrogen (secondary N) is 1. The van der Waals surface area contributed by atoms with Crippen molar-refractivity contribution in [1.29, 1.82) is 0 Å². The summed E-state index contributed by atoms with van der Waals surface area (Å²) in [5, 5.41) is 13.1. The number of aromatic nitrogens is 3. The zero-order valence-corrected chi connectivity index (χ0v) is 20.1. The molecule has 1 aromatic carbocycles. The first-order chi connectivity index (χ1) is 15.6. The summed E-state index contributed by atoms with van der Waals surface area (Å²) in [7, 11) is -1.89. The van der Waals surface area contributed by atoms with E-state index in [1.54, 1.807) is 25.2 Å². The Hall–Kier alpha value is -2.98. The van der Waals surface area contributed by atoms with E-state index in [2.05, 4.69) is 15.3 Å². The first kappa shape index (κ1) is 23.2. The van der Waals surface area contributed by atoms with Gasteiger partial charge in [0.25, 0.3) is 5.56 Å². The van der Waals surface area contributed by atoms with E-state index < -0.39 is 9.84 Å². The van der Waals surface area contributed by atoms with Crippen LogP contribution in [0.4, 0.5) is 11.5 Å². The van der Waals surface area contributed by atoms with E-state index in [0.29, 0.717) is 46.8 Å². The standard InChI is InChI=1S/C23H29N5O4S/c1-14(2)25-22-21-18(24-13-27(3)23(21)30)10-17(26-22)16-5-6-19(20(9-16)33(4,31)32)28-8-7-15(11-28)12-29/h5-6,9-10,13-15,29H,7-8,11-12H2,1-4H3,(H,25,26)/t15-/m1/s1. The largest absolute Gasteiger partial charge is 0.396 e. The molecule has 33 heavy (non-hydrogen) atoms. The van der Waals surface area contributed by atoms with Gasteiger partial charge >= 0.3 is 0 Å². The summed E-state index contributed by atoms with van der Waals surface area (Å²) >= 11 is 0. The summed E-state index contributed by atoms with van der Waals surface area (Å²) in [5.74, 6) is 0.555. The number of rotatable bonds is 6. The second-order valence-corrected chi connectivity index (χ2v) is 10.9. The summed E-state index contributed by atoms with van der Waals surface area (Å²) in [6.07, 6.45) is 3.47. The molecule has 1 fully saturated rings. The fourth-order valence-corrected chi connectivity index (χ4v) is 5.10. The molecule has 1 aliphatic rings. The Bertz CT molecular complexity index is 1370. The lowest BCUT2D eigenvalue weighted by atomic mass is 10.1. The lowest BCUT2D eigenvalue weighted by Crippen LogP contribution is -2.22. The number of fused-ring (bicyclic) bond motifs is 1. The molecule has 1 saturated heterocycles. The van der Waals surface area contributed by atoms with Gasteiger partial charge in [0.05, 0.1) is 28.1 Å². The minimum Gasteiger partial charge on any atom is -0.396 e. The fraction of sp³-hybridized carbons (Fsp3) is 0.435. The Balaban J connectivity index is 1.88. The molecule has 10 heteroatoms. The van der Waals surface area contributed by atoms with Crippen molar-refractivity contribution < 1.29 is 13.5 Å². The molecule has 0 saturated carbocycles. The molecular formula is C23H29N5O4S. The molecule has 3 aromatic rings. The molecule has 2 N–H and O–H groups in total. The van der Waals surface area contributed by atoms with E-state index >= 15 is 0 Å². The zero-order valence-electron chi connectivity index (χ0n) is 19.2. The van der Waals surface area contributed by atoms with Crippen LogP contribution >= 0.6 is 0 Å². The van der Waals surface area contributed by atoms with Gasteiger partial charge in [-0.05, 0) is 38.5 Å². The van der Waals surface area contributed by atoms with Gasteiger partial charge in [0.1, 0.15) is 11.2 Å². The highest BCUT2D eigenvalue weighted by molar-refractivity contribution is 7.90. The van der Waals surface area contributed by atoms with E-state index in [1.165, 1.54) is 17.2 Å². The van der Waals surface area contributed by atoms with Crippen molar-refractivity contribution in [1.82, 2.24) is 14.5 Å². The Labute approximate surface area is 193 Å². The van der Waals surface area contributed by atoms with Crippen molar-refractivity contribution in [2.75, 3.05) is 36.2 Å². The number of hydrogen-bond donors (Lipinski definition) is 2. The number of nitrogens with zero attached hydrogens (tertiary/aromatic N) is 4. The van der Waals surface area contributed by atoms with Gasteiger partial charge in [-0.15, -0.1) is 0 Å². The van der Waals surface area contributed by atoms with Crippen LogP contribution in [0.1, 0.15) is 20.3 Å². The summed E-state index contributed by atoms with van der Waals surface area (Å²) in [5.41, 5.74) is 2.06. The van der Waals surface area contributed by atoms with Crippen LogP contribution in [0.2, 0.25) is 0 Å². The van der Waals surface area contributed by atoms with Crippen LogP contribution in [0.5, 0.6) is 0 Å². The minimum atomic E-state index is -3.53. The van der Waals surface area contributed by atoms with E-state index in [0.717, 1.165) is 6.42 Å². The highest BCUT2D eigenvalue weighted by atomic mass is 32.2. The number of pyridine rings is 1. The van der Waals surface area contributed by atoms with E-state index in [4.69, 9.17) is 0 Å². The van der Waals surface area contributed by atoms with Crippen molar-refractivity contribution in [3.63, 3.8) is 0 Å². The van der Waals surface area contributed by atoms with Crippen molar-refractivity contribution in [3.05, 3.63) is 40.9 Å². The number of aryl methyl sites for hydroxylation is 1. The molecule has 2 aromatic heterocycles. The van der Waals surface area contributed by atoms with Crippen LogP contribution in [-0.4, -0.2) is 60.1 Å². The quantitative estimate of drug-likeness (QED) is 0.561. The minimum absolute atomic E-state index is 0.0319. The highest BCUT2D eigenvalue weighted by Gasteiger charge is 2.27. The van der Waals surface area contributed by atoms with Crippen LogP contribution in [0.15, 0.2) is 40.3 Å². The van der Waals surface area contributed by atoms with Gasteiger partial charge in [-0.25, -0.2) is 18.4 Å². The number of benzene rings is 1. The fourth-order valence-electron chi connectivity index (χ4n) is 4.18. The molecule has 176 valence electrons. The molecule has 0 amide bonds. The third-order valence-electron chi connectivity index (χ3n) is 5.87. The Morgan fingerprint density at radius 2 is 2.03 bits per heavy atom. The van der Waals surface area contributed by atoms with Crippen LogP contribution in [0.3, 0.4) is 0 Å². The molecular weight excluding hydrogens is 442 g/mol. The molecule has 1 atom stereocenters. The monoisotopic (exact) mass is 471 g/mol. The average molecular weight is 472 g/mol. The first-order valence-electron chi connectivity index (χ1n) is 10.9. The summed E-state index contributed by atoms with van der Waals surface area (Å²) < 4.78 is 26.8. The van der Waals surface area contributed by atoms with Gasteiger partial charge < -0.3 is 19.9 Å². The normalized spacial score (nSPS) is 16.7. The number of aliphatic hydroxyl groups excluding tert-OH is 1. The van der Waals surface area contributed by atoms with E-state index in [1.807, 2.05) is 24.8 Å². The summed E-state index contributed by atoms with van der Waals surface area (Å²) in [4.78, 5) is 24.1. The first-order valence-corrected chi connectivity index (χ1v) is 12.8. The number of aliphatic hydroxyl groups is 1. The Morgan fingerprint density at radius 3 is 2.67 bits per heavy atom. The van der Waals surface area contributed by atoms with Gasteiger partial charge in [0, 0.05) is 50.5 Å². The van der Waals surface area contributed by atoms with Crippen molar-refractivity contribution >= 4 is 32.2 Å². The molecule has 3 heterocycles. The second kappa shape index (κ2) is 8.75. The number of sulfone groups is 1. The lowest BCUT2D eigenvalue weighted by molar-refractivity contribution is 0.238. The van der Waals surface area contributed by atoms with Gasteiger partial charge in [-0.1, -0.05) is 6.07 Å². The molecule has 0 unspecified atom stereocenters. The summed E-state index contributed by atoms with van der Waals surface area (Å²) in [6, 6.07) is 7.01. The van der Waals surface area contributed by atoms with E-state index in [9.17, 15) is 18.3 Å². The predicted octanol–water partition coefficient (Wildman–Crippen LogP) is 2.04. The number of hydrogen-bond acceptors (Lipinski definition) is 8. The maximum absolute atomic E-state index is 12.7. The molecule has 4 rings (SSSR count).